The number of amides is 1. The number of rotatable bonds is 5. The summed E-state index contributed by atoms with van der Waals surface area (Å²) < 4.78 is 5.24. The third-order valence-electron chi connectivity index (χ3n) is 2.76. The van der Waals surface area contributed by atoms with Crippen LogP contribution in [0.5, 0.6) is 0 Å². The summed E-state index contributed by atoms with van der Waals surface area (Å²) in [5.74, 6) is -0.222. The summed E-state index contributed by atoms with van der Waals surface area (Å²) in [6.45, 7) is 7.15. The minimum Gasteiger partial charge on any atom is -0.460 e. The molecular formula is C16H20N4O3S. The maximum atomic E-state index is 12.2. The van der Waals surface area contributed by atoms with E-state index in [2.05, 4.69) is 20.3 Å². The average molecular weight is 348 g/mol. The van der Waals surface area contributed by atoms with E-state index in [4.69, 9.17) is 4.74 Å². The van der Waals surface area contributed by atoms with Crippen molar-refractivity contribution in [3.63, 3.8) is 0 Å². The van der Waals surface area contributed by atoms with Crippen LogP contribution in [0.3, 0.4) is 0 Å². The van der Waals surface area contributed by atoms with Crippen LogP contribution in [0.4, 0.5) is 0 Å². The Morgan fingerprint density at radius 1 is 1.29 bits per heavy atom. The second kappa shape index (κ2) is 7.48. The Labute approximate surface area is 144 Å². The van der Waals surface area contributed by atoms with Gasteiger partial charge in [0.1, 0.15) is 11.3 Å². The van der Waals surface area contributed by atoms with E-state index in [9.17, 15) is 9.59 Å². The van der Waals surface area contributed by atoms with E-state index in [0.29, 0.717) is 10.8 Å². The van der Waals surface area contributed by atoms with Crippen molar-refractivity contribution in [2.75, 3.05) is 0 Å². The van der Waals surface area contributed by atoms with Crippen LogP contribution in [-0.2, 0) is 9.53 Å². The summed E-state index contributed by atoms with van der Waals surface area (Å²) in [6.07, 6.45) is 3.33. The van der Waals surface area contributed by atoms with Crippen molar-refractivity contribution in [1.29, 1.82) is 0 Å². The molecule has 0 aliphatic carbocycles. The Balaban J connectivity index is 1.93. The van der Waals surface area contributed by atoms with Crippen molar-refractivity contribution in [2.45, 2.75) is 45.8 Å². The second-order valence-corrected chi connectivity index (χ2v) is 7.13. The van der Waals surface area contributed by atoms with Crippen LogP contribution < -0.4 is 5.32 Å². The molecule has 1 amide bonds. The van der Waals surface area contributed by atoms with Crippen molar-refractivity contribution in [3.8, 4) is 10.8 Å². The van der Waals surface area contributed by atoms with Crippen molar-refractivity contribution in [3.05, 3.63) is 29.5 Å². The Bertz CT molecular complexity index is 710. The first-order valence-electron chi connectivity index (χ1n) is 7.50. The number of aromatic nitrogens is 3. The summed E-state index contributed by atoms with van der Waals surface area (Å²) in [7, 11) is 0. The maximum Gasteiger partial charge on any atom is 0.308 e. The van der Waals surface area contributed by atoms with E-state index in [1.807, 2.05) is 0 Å². The molecule has 0 saturated heterocycles. The second-order valence-electron chi connectivity index (χ2n) is 6.28. The zero-order chi connectivity index (χ0) is 17.7. The topological polar surface area (TPSA) is 94.1 Å². The lowest BCUT2D eigenvalue weighted by Crippen LogP contribution is -2.36. The van der Waals surface area contributed by atoms with Gasteiger partial charge in [-0.05, 0) is 33.8 Å². The fourth-order valence-electron chi connectivity index (χ4n) is 1.87. The Kier molecular flexibility index (Phi) is 5.61. The summed E-state index contributed by atoms with van der Waals surface area (Å²) in [5.41, 5.74) is -0.265. The molecule has 1 N–H and O–H groups in total. The van der Waals surface area contributed by atoms with Crippen molar-refractivity contribution < 1.29 is 14.3 Å². The normalized spacial score (nSPS) is 12.5. The van der Waals surface area contributed by atoms with E-state index >= 15 is 0 Å². The van der Waals surface area contributed by atoms with Crippen LogP contribution in [0.25, 0.3) is 10.8 Å². The number of hydrogen-bond donors (Lipinski definition) is 1. The highest BCUT2D eigenvalue weighted by Crippen LogP contribution is 2.19. The predicted molar refractivity (Wildman–Crippen MR) is 90.5 cm³/mol. The standard InChI is InChI=1S/C16H20N4O3S/c1-10(8-12(21)23-16(2,3)4)19-14(22)11-9-24-15(20-11)13-17-6-5-7-18-13/h5-7,9-10H,8H2,1-4H3,(H,19,22). The minimum absolute atomic E-state index is 0.0990. The van der Waals surface area contributed by atoms with E-state index in [-0.39, 0.29) is 30.0 Å². The van der Waals surface area contributed by atoms with Crippen molar-refractivity contribution in [1.82, 2.24) is 20.3 Å². The minimum atomic E-state index is -0.541. The van der Waals surface area contributed by atoms with Gasteiger partial charge < -0.3 is 10.1 Å². The highest BCUT2D eigenvalue weighted by Gasteiger charge is 2.20. The summed E-state index contributed by atoms with van der Waals surface area (Å²) in [6, 6.07) is 1.36. The molecule has 7 nitrogen and oxygen atoms in total. The number of carbonyl (C=O) groups excluding carboxylic acids is 2. The molecule has 1 atom stereocenters. The summed E-state index contributed by atoms with van der Waals surface area (Å²) in [4.78, 5) is 36.4. The van der Waals surface area contributed by atoms with Crippen LogP contribution in [-0.4, -0.2) is 38.5 Å². The molecule has 0 aromatic carbocycles. The summed E-state index contributed by atoms with van der Waals surface area (Å²) in [5, 5.41) is 4.95. The lowest BCUT2D eigenvalue weighted by Gasteiger charge is -2.21. The fourth-order valence-corrected chi connectivity index (χ4v) is 2.62. The highest BCUT2D eigenvalue weighted by atomic mass is 32.1. The molecule has 0 radical (unpaired) electrons. The van der Waals surface area contributed by atoms with Gasteiger partial charge in [-0.1, -0.05) is 0 Å². The SMILES string of the molecule is CC(CC(=O)OC(C)(C)C)NC(=O)c1csc(-c2ncccn2)n1. The Morgan fingerprint density at radius 3 is 2.58 bits per heavy atom. The van der Waals surface area contributed by atoms with Gasteiger partial charge in [0.05, 0.1) is 6.42 Å². The van der Waals surface area contributed by atoms with Crippen LogP contribution in [0.2, 0.25) is 0 Å². The van der Waals surface area contributed by atoms with Gasteiger partial charge in [0.15, 0.2) is 10.8 Å². The first-order chi connectivity index (χ1) is 11.2. The van der Waals surface area contributed by atoms with Gasteiger partial charge in [0, 0.05) is 23.8 Å². The number of ether oxygens (including phenoxy) is 1. The molecule has 0 aliphatic heterocycles. The van der Waals surface area contributed by atoms with Crippen molar-refractivity contribution >= 4 is 23.2 Å². The van der Waals surface area contributed by atoms with E-state index in [0.717, 1.165) is 0 Å². The third-order valence-corrected chi connectivity index (χ3v) is 3.60. The smallest absolute Gasteiger partial charge is 0.308 e. The number of nitrogens with one attached hydrogen (secondary N) is 1. The van der Waals surface area contributed by atoms with Gasteiger partial charge in [0.25, 0.3) is 5.91 Å². The molecule has 128 valence electrons. The first kappa shape index (κ1) is 18.0. The molecule has 1 unspecified atom stereocenters. The van der Waals surface area contributed by atoms with Gasteiger partial charge in [-0.2, -0.15) is 0 Å². The van der Waals surface area contributed by atoms with Crippen molar-refractivity contribution in [2.24, 2.45) is 0 Å². The number of hydrogen-bond acceptors (Lipinski definition) is 7. The largest absolute Gasteiger partial charge is 0.460 e. The summed E-state index contributed by atoms with van der Waals surface area (Å²) >= 11 is 1.29. The number of nitrogens with zero attached hydrogens (tertiary/aromatic N) is 3. The predicted octanol–water partition coefficient (Wildman–Crippen LogP) is 2.45. The van der Waals surface area contributed by atoms with E-state index in [1.165, 1.54) is 11.3 Å². The molecular weight excluding hydrogens is 328 g/mol. The monoisotopic (exact) mass is 348 g/mol. The van der Waals surface area contributed by atoms with Crippen LogP contribution in [0.15, 0.2) is 23.8 Å². The molecule has 0 fully saturated rings. The number of carbonyl (C=O) groups is 2. The maximum absolute atomic E-state index is 12.2. The molecule has 2 heterocycles. The molecule has 0 aliphatic rings. The molecule has 0 bridgehead atoms. The fraction of sp³-hybridized carbons (Fsp3) is 0.438. The Hall–Kier alpha value is -2.35. The van der Waals surface area contributed by atoms with Gasteiger partial charge >= 0.3 is 5.97 Å². The van der Waals surface area contributed by atoms with Gasteiger partial charge in [-0.15, -0.1) is 11.3 Å². The lowest BCUT2D eigenvalue weighted by atomic mass is 10.2. The molecule has 24 heavy (non-hydrogen) atoms. The van der Waals surface area contributed by atoms with Crippen LogP contribution >= 0.6 is 11.3 Å². The van der Waals surface area contributed by atoms with Gasteiger partial charge in [-0.25, -0.2) is 15.0 Å². The van der Waals surface area contributed by atoms with E-state index < -0.39 is 5.60 Å². The number of thiazole rings is 1. The third kappa shape index (κ3) is 5.38. The molecule has 0 saturated carbocycles. The first-order valence-corrected chi connectivity index (χ1v) is 8.38. The van der Waals surface area contributed by atoms with Gasteiger partial charge in [0.2, 0.25) is 0 Å². The van der Waals surface area contributed by atoms with Crippen LogP contribution in [0.1, 0.15) is 44.6 Å². The number of esters is 1. The molecule has 2 aromatic rings. The molecule has 2 rings (SSSR count). The highest BCUT2D eigenvalue weighted by molar-refractivity contribution is 7.13. The molecule has 0 spiro atoms. The zero-order valence-corrected chi connectivity index (χ0v) is 14.9. The van der Waals surface area contributed by atoms with E-state index in [1.54, 1.807) is 51.5 Å². The Morgan fingerprint density at radius 2 is 1.96 bits per heavy atom. The average Bonchev–Trinajstić information content (AvgIpc) is 2.95. The lowest BCUT2D eigenvalue weighted by molar-refractivity contribution is -0.155. The van der Waals surface area contributed by atoms with Gasteiger partial charge in [-0.3, -0.25) is 9.59 Å². The molecule has 8 heteroatoms. The van der Waals surface area contributed by atoms with Crippen LogP contribution in [0, 0.1) is 0 Å². The zero-order valence-electron chi connectivity index (χ0n) is 14.1. The quantitative estimate of drug-likeness (QED) is 0.834. The molecule has 2 aromatic heterocycles.